The highest BCUT2D eigenvalue weighted by Crippen LogP contribution is 2.57. The highest BCUT2D eigenvalue weighted by atomic mass is 32.1. The van der Waals surface area contributed by atoms with Gasteiger partial charge >= 0.3 is 0 Å². The van der Waals surface area contributed by atoms with E-state index in [0.29, 0.717) is 0 Å². The Morgan fingerprint density at radius 3 is 1.23 bits per heavy atom. The SMILES string of the molecule is C[C@@H]1C(N=C=S)=C(N=C=S)[C@H](C)C(C#N)(C#N)C1(C#N)C#N. The first kappa shape index (κ1) is 17.4. The normalized spacial score (nSPS) is 24.3. The zero-order valence-electron chi connectivity index (χ0n) is 11.7. The van der Waals surface area contributed by atoms with Crippen LogP contribution in [0.15, 0.2) is 21.4 Å². The predicted molar refractivity (Wildman–Crippen MR) is 82.7 cm³/mol. The van der Waals surface area contributed by atoms with E-state index >= 15 is 0 Å². The van der Waals surface area contributed by atoms with Crippen LogP contribution < -0.4 is 0 Å². The molecule has 0 bridgehead atoms. The number of isothiocyanates is 2. The summed E-state index contributed by atoms with van der Waals surface area (Å²) in [6, 6.07) is 7.36. The number of thiocarbonyl (C=S) groups is 2. The van der Waals surface area contributed by atoms with Gasteiger partial charge in [-0.1, -0.05) is 13.8 Å². The molecule has 1 aliphatic rings. The molecule has 0 aromatic heterocycles. The number of rotatable bonds is 2. The van der Waals surface area contributed by atoms with Crippen LogP contribution in [0.3, 0.4) is 0 Å². The van der Waals surface area contributed by atoms with E-state index in [1.54, 1.807) is 0 Å². The third-order valence-corrected chi connectivity index (χ3v) is 4.22. The molecule has 0 saturated carbocycles. The van der Waals surface area contributed by atoms with E-state index < -0.39 is 22.7 Å². The van der Waals surface area contributed by atoms with E-state index in [-0.39, 0.29) is 11.4 Å². The van der Waals surface area contributed by atoms with E-state index in [1.165, 1.54) is 13.8 Å². The minimum atomic E-state index is -1.92. The Morgan fingerprint density at radius 1 is 0.773 bits per heavy atom. The third-order valence-electron chi connectivity index (χ3n) is 4.04. The first-order valence-electron chi connectivity index (χ1n) is 6.01. The fourth-order valence-corrected chi connectivity index (χ4v) is 2.93. The van der Waals surface area contributed by atoms with Gasteiger partial charge in [0.15, 0.2) is 10.8 Å². The van der Waals surface area contributed by atoms with Gasteiger partial charge in [-0.3, -0.25) is 0 Å². The lowest BCUT2D eigenvalue weighted by atomic mass is 9.51. The van der Waals surface area contributed by atoms with E-state index in [1.807, 2.05) is 24.3 Å². The van der Waals surface area contributed by atoms with E-state index in [0.717, 1.165) is 0 Å². The molecule has 8 heteroatoms. The Labute approximate surface area is 138 Å². The molecule has 106 valence electrons. The molecule has 1 aliphatic carbocycles. The summed E-state index contributed by atoms with van der Waals surface area (Å²) in [5.41, 5.74) is -3.41. The monoisotopic (exact) mass is 324 g/mol. The molecule has 0 spiro atoms. The molecule has 0 heterocycles. The fraction of sp³-hybridized carbons (Fsp3) is 0.429. The van der Waals surface area contributed by atoms with Gasteiger partial charge in [-0.25, -0.2) is 0 Å². The molecule has 0 aromatic carbocycles. The van der Waals surface area contributed by atoms with E-state index in [4.69, 9.17) is 0 Å². The molecule has 0 saturated heterocycles. The molecular formula is C14H8N6S2. The predicted octanol–water partition coefficient (Wildman–Crippen LogP) is 2.76. The number of nitriles is 4. The molecule has 0 fully saturated rings. The molecule has 0 aromatic rings. The van der Waals surface area contributed by atoms with Crippen molar-refractivity contribution >= 4 is 34.8 Å². The smallest absolute Gasteiger partial charge is 0.184 e. The minimum Gasteiger partial charge on any atom is -0.197 e. The van der Waals surface area contributed by atoms with Crippen LogP contribution in [0.1, 0.15) is 13.8 Å². The van der Waals surface area contributed by atoms with Crippen LogP contribution in [0.5, 0.6) is 0 Å². The zero-order valence-corrected chi connectivity index (χ0v) is 13.3. The Hall–Kier alpha value is -2.70. The zero-order chi connectivity index (χ0) is 17.0. The van der Waals surface area contributed by atoms with Crippen molar-refractivity contribution in [3.05, 3.63) is 11.4 Å². The second-order valence-corrected chi connectivity index (χ2v) is 5.05. The molecule has 0 radical (unpaired) electrons. The highest BCUT2D eigenvalue weighted by molar-refractivity contribution is 7.78. The van der Waals surface area contributed by atoms with Crippen molar-refractivity contribution in [3.8, 4) is 24.3 Å². The van der Waals surface area contributed by atoms with Crippen molar-refractivity contribution in [3.63, 3.8) is 0 Å². The molecule has 0 aliphatic heterocycles. The van der Waals surface area contributed by atoms with Crippen molar-refractivity contribution in [2.45, 2.75) is 13.8 Å². The second-order valence-electron chi connectivity index (χ2n) is 4.68. The molecule has 2 atom stereocenters. The van der Waals surface area contributed by atoms with Gasteiger partial charge in [0, 0.05) is 11.8 Å². The van der Waals surface area contributed by atoms with Crippen LogP contribution in [0.25, 0.3) is 0 Å². The lowest BCUT2D eigenvalue weighted by molar-refractivity contribution is 0.153. The Balaban J connectivity index is 4.05. The molecule has 6 nitrogen and oxygen atoms in total. The van der Waals surface area contributed by atoms with Crippen LogP contribution in [0.2, 0.25) is 0 Å². The van der Waals surface area contributed by atoms with Gasteiger partial charge in [-0.05, 0) is 24.4 Å². The average Bonchev–Trinajstić information content (AvgIpc) is 2.54. The van der Waals surface area contributed by atoms with Crippen LogP contribution in [-0.2, 0) is 0 Å². The van der Waals surface area contributed by atoms with Crippen LogP contribution in [0.4, 0.5) is 0 Å². The molecule has 22 heavy (non-hydrogen) atoms. The summed E-state index contributed by atoms with van der Waals surface area (Å²) in [6.45, 7) is 3.04. The van der Waals surface area contributed by atoms with Crippen LogP contribution >= 0.6 is 24.4 Å². The van der Waals surface area contributed by atoms with Gasteiger partial charge in [0.25, 0.3) is 0 Å². The number of aliphatic imine (C=N–C) groups is 2. The molecule has 1 rings (SSSR count). The molecule has 0 unspecified atom stereocenters. The summed E-state index contributed by atoms with van der Waals surface area (Å²) in [4.78, 5) is 7.77. The van der Waals surface area contributed by atoms with Gasteiger partial charge in [0.2, 0.25) is 0 Å². The van der Waals surface area contributed by atoms with Crippen molar-refractivity contribution in [1.29, 1.82) is 21.0 Å². The molecular weight excluding hydrogens is 316 g/mol. The van der Waals surface area contributed by atoms with Crippen molar-refractivity contribution in [2.75, 3.05) is 0 Å². The maximum atomic E-state index is 9.58. The number of allylic oxidation sites excluding steroid dienone is 2. The van der Waals surface area contributed by atoms with Gasteiger partial charge < -0.3 is 0 Å². The first-order chi connectivity index (χ1) is 10.5. The van der Waals surface area contributed by atoms with Crippen LogP contribution in [-0.4, -0.2) is 10.3 Å². The quantitative estimate of drug-likeness (QED) is 0.569. The standard InChI is InChI=1S/C14H8N6S2/c1-9-11(19-7-21)12(20-8-22)10(2)14(5-17,6-18)13(9,3-15)4-16/h9-10H,1-2H3/t9-,10+. The fourth-order valence-electron chi connectivity index (χ4n) is 2.73. The lowest BCUT2D eigenvalue weighted by Gasteiger charge is -2.43. The minimum absolute atomic E-state index is 0.212. The van der Waals surface area contributed by atoms with E-state index in [9.17, 15) is 21.0 Å². The first-order valence-corrected chi connectivity index (χ1v) is 6.82. The topological polar surface area (TPSA) is 120 Å². The Kier molecular flexibility index (Phi) is 5.03. The van der Waals surface area contributed by atoms with Crippen LogP contribution in [0, 0.1) is 68.0 Å². The Morgan fingerprint density at radius 2 is 1.05 bits per heavy atom. The largest absolute Gasteiger partial charge is 0.197 e. The van der Waals surface area contributed by atoms with Gasteiger partial charge in [0.05, 0.1) is 46.0 Å². The second kappa shape index (κ2) is 6.38. The summed E-state index contributed by atoms with van der Waals surface area (Å²) in [5, 5.41) is 42.7. The highest BCUT2D eigenvalue weighted by Gasteiger charge is 2.65. The van der Waals surface area contributed by atoms with Gasteiger partial charge in [0.1, 0.15) is 0 Å². The van der Waals surface area contributed by atoms with Crippen molar-refractivity contribution in [2.24, 2.45) is 32.7 Å². The maximum absolute atomic E-state index is 9.58. The summed E-state index contributed by atoms with van der Waals surface area (Å²) >= 11 is 9.18. The summed E-state index contributed by atoms with van der Waals surface area (Å²) < 4.78 is 0. The van der Waals surface area contributed by atoms with Gasteiger partial charge in [-0.15, -0.1) is 0 Å². The molecule has 0 N–H and O–H groups in total. The Bertz CT molecular complexity index is 704. The molecule has 0 amide bonds. The van der Waals surface area contributed by atoms with Crippen molar-refractivity contribution in [1.82, 2.24) is 0 Å². The summed E-state index contributed by atoms with van der Waals surface area (Å²) in [5.74, 6) is -1.76. The van der Waals surface area contributed by atoms with E-state index in [2.05, 4.69) is 44.7 Å². The number of hydrogen-bond donors (Lipinski definition) is 0. The summed E-state index contributed by atoms with van der Waals surface area (Å²) in [6.07, 6.45) is 0. The van der Waals surface area contributed by atoms with Gasteiger partial charge in [-0.2, -0.15) is 31.0 Å². The summed E-state index contributed by atoms with van der Waals surface area (Å²) in [7, 11) is 0. The average molecular weight is 324 g/mol. The maximum Gasteiger partial charge on any atom is 0.184 e. The lowest BCUT2D eigenvalue weighted by Crippen LogP contribution is -2.51. The number of nitrogens with zero attached hydrogens (tertiary/aromatic N) is 6. The number of hydrogen-bond acceptors (Lipinski definition) is 8. The third kappa shape index (κ3) is 1.97. The van der Waals surface area contributed by atoms with Crippen molar-refractivity contribution < 1.29 is 0 Å².